The highest BCUT2D eigenvalue weighted by molar-refractivity contribution is 7.52. The van der Waals surface area contributed by atoms with Crippen LogP contribution in [0.25, 0.3) is 0 Å². The highest BCUT2D eigenvalue weighted by Crippen LogP contribution is 2.46. The van der Waals surface area contributed by atoms with Crippen molar-refractivity contribution in [3.8, 4) is 5.75 Å². The fraction of sp³-hybridized carbons (Fsp3) is 0.565. The molecule has 2 heterocycles. The SMILES string of the molecule is CCOC(OCC)[C@H](C)NP(=O)(OC[C@@H]1O[C@H](n2cc(C)c(=O)[nH]c2=O)[C@H](F)[C@H]1O)Oc1ccccc1. The number of aromatic amines is 1. The Labute approximate surface area is 213 Å². The maximum Gasteiger partial charge on any atom is 0.459 e. The Balaban J connectivity index is 1.78. The van der Waals surface area contributed by atoms with E-state index < -0.39 is 62.5 Å². The second-order valence-electron chi connectivity index (χ2n) is 8.37. The van der Waals surface area contributed by atoms with Crippen molar-refractivity contribution in [2.45, 2.75) is 64.6 Å². The number of ether oxygens (including phenoxy) is 3. The van der Waals surface area contributed by atoms with Gasteiger partial charge in [0.1, 0.15) is 18.0 Å². The van der Waals surface area contributed by atoms with Gasteiger partial charge in [0.2, 0.25) is 0 Å². The average Bonchev–Trinajstić information content (AvgIpc) is 3.14. The van der Waals surface area contributed by atoms with Crippen LogP contribution in [0.1, 0.15) is 32.6 Å². The van der Waals surface area contributed by atoms with E-state index in [1.807, 2.05) is 0 Å². The van der Waals surface area contributed by atoms with Crippen LogP contribution in [0, 0.1) is 6.92 Å². The molecule has 1 aromatic heterocycles. The number of halogens is 1. The Hall–Kier alpha value is -2.38. The fourth-order valence-electron chi connectivity index (χ4n) is 3.70. The van der Waals surface area contributed by atoms with E-state index in [-0.39, 0.29) is 11.3 Å². The van der Waals surface area contributed by atoms with Crippen LogP contribution in [-0.4, -0.2) is 65.2 Å². The first-order valence-corrected chi connectivity index (χ1v) is 13.4. The van der Waals surface area contributed by atoms with Crippen LogP contribution in [0.15, 0.2) is 46.1 Å². The summed E-state index contributed by atoms with van der Waals surface area (Å²) < 4.78 is 57.4. The van der Waals surface area contributed by atoms with Crippen molar-refractivity contribution in [2.75, 3.05) is 19.8 Å². The van der Waals surface area contributed by atoms with Crippen molar-refractivity contribution in [2.24, 2.45) is 0 Å². The summed E-state index contributed by atoms with van der Waals surface area (Å²) in [5.41, 5.74) is -1.36. The topological polar surface area (TPSA) is 150 Å². The van der Waals surface area contributed by atoms with Gasteiger partial charge in [-0.05, 0) is 39.8 Å². The van der Waals surface area contributed by atoms with Gasteiger partial charge in [0.25, 0.3) is 5.56 Å². The van der Waals surface area contributed by atoms with Gasteiger partial charge in [-0.25, -0.2) is 18.8 Å². The van der Waals surface area contributed by atoms with Crippen molar-refractivity contribution in [3.63, 3.8) is 0 Å². The number of nitrogens with zero attached hydrogens (tertiary/aromatic N) is 1. The smallest absolute Gasteiger partial charge is 0.413 e. The number of hydrogen-bond donors (Lipinski definition) is 3. The minimum Gasteiger partial charge on any atom is -0.413 e. The lowest BCUT2D eigenvalue weighted by molar-refractivity contribution is -0.148. The lowest BCUT2D eigenvalue weighted by atomic mass is 10.1. The van der Waals surface area contributed by atoms with E-state index in [2.05, 4.69) is 10.1 Å². The lowest BCUT2D eigenvalue weighted by Crippen LogP contribution is -2.41. The quantitative estimate of drug-likeness (QED) is 0.252. The number of nitrogens with one attached hydrogen (secondary N) is 2. The molecule has 206 valence electrons. The Kier molecular flexibility index (Phi) is 10.2. The van der Waals surface area contributed by atoms with Crippen LogP contribution in [0.2, 0.25) is 0 Å². The zero-order valence-corrected chi connectivity index (χ0v) is 21.9. The van der Waals surface area contributed by atoms with E-state index in [0.29, 0.717) is 13.2 Å². The van der Waals surface area contributed by atoms with E-state index >= 15 is 0 Å². The van der Waals surface area contributed by atoms with E-state index in [1.165, 1.54) is 6.92 Å². The van der Waals surface area contributed by atoms with Crippen LogP contribution >= 0.6 is 7.75 Å². The molecule has 37 heavy (non-hydrogen) atoms. The van der Waals surface area contributed by atoms with Gasteiger partial charge in [-0.3, -0.25) is 18.9 Å². The lowest BCUT2D eigenvalue weighted by Gasteiger charge is -2.29. The van der Waals surface area contributed by atoms with Crippen molar-refractivity contribution in [1.82, 2.24) is 14.6 Å². The number of aliphatic hydroxyl groups excluding tert-OH is 1. The normalized spacial score (nSPS) is 24.2. The number of alkyl halides is 1. The fourth-order valence-corrected chi connectivity index (χ4v) is 5.24. The third kappa shape index (κ3) is 7.35. The van der Waals surface area contributed by atoms with Crippen LogP contribution in [0.3, 0.4) is 0 Å². The van der Waals surface area contributed by atoms with Gasteiger partial charge in [-0.15, -0.1) is 0 Å². The molecular weight excluding hydrogens is 512 g/mol. The van der Waals surface area contributed by atoms with Crippen LogP contribution in [0.5, 0.6) is 5.75 Å². The molecule has 1 aliphatic heterocycles. The molecule has 1 fully saturated rings. The minimum atomic E-state index is -4.15. The number of aryl methyl sites for hydroxylation is 1. The Morgan fingerprint density at radius 1 is 1.22 bits per heavy atom. The first-order chi connectivity index (χ1) is 17.6. The summed E-state index contributed by atoms with van der Waals surface area (Å²) in [5, 5.41) is 13.2. The molecule has 0 aliphatic carbocycles. The van der Waals surface area contributed by atoms with Gasteiger partial charge in [0, 0.05) is 25.0 Å². The van der Waals surface area contributed by atoms with Gasteiger partial charge in [-0.2, -0.15) is 0 Å². The molecule has 1 aliphatic rings. The predicted octanol–water partition coefficient (Wildman–Crippen LogP) is 2.02. The Morgan fingerprint density at radius 2 is 1.86 bits per heavy atom. The van der Waals surface area contributed by atoms with Gasteiger partial charge in [0.05, 0.1) is 12.6 Å². The molecule has 2 aromatic rings. The summed E-state index contributed by atoms with van der Waals surface area (Å²) in [6.07, 6.45) is -6.21. The Bertz CT molecular complexity index is 1170. The monoisotopic (exact) mass is 545 g/mol. The third-order valence-corrected chi connectivity index (χ3v) is 7.19. The molecule has 0 radical (unpaired) electrons. The molecule has 1 saturated heterocycles. The summed E-state index contributed by atoms with van der Waals surface area (Å²) >= 11 is 0. The molecule has 6 atom stereocenters. The second kappa shape index (κ2) is 12.9. The van der Waals surface area contributed by atoms with E-state index in [0.717, 1.165) is 10.8 Å². The summed E-state index contributed by atoms with van der Waals surface area (Å²) in [6.45, 7) is 6.81. The van der Waals surface area contributed by atoms with Gasteiger partial charge >= 0.3 is 13.4 Å². The number of hydrogen-bond acceptors (Lipinski definition) is 9. The third-order valence-electron chi connectivity index (χ3n) is 5.52. The molecule has 14 heteroatoms. The van der Waals surface area contributed by atoms with Crippen LogP contribution in [0.4, 0.5) is 4.39 Å². The summed E-state index contributed by atoms with van der Waals surface area (Å²) in [4.78, 5) is 25.9. The van der Waals surface area contributed by atoms with Crippen LogP contribution in [-0.2, 0) is 23.3 Å². The number of aromatic nitrogens is 2. The van der Waals surface area contributed by atoms with Gasteiger partial charge in [0.15, 0.2) is 18.7 Å². The summed E-state index contributed by atoms with van der Waals surface area (Å²) in [7, 11) is -4.15. The molecule has 0 saturated carbocycles. The molecule has 0 bridgehead atoms. The van der Waals surface area contributed by atoms with E-state index in [4.69, 9.17) is 23.3 Å². The van der Waals surface area contributed by atoms with Crippen LogP contribution < -0.4 is 20.9 Å². The molecule has 3 N–H and O–H groups in total. The summed E-state index contributed by atoms with van der Waals surface area (Å²) in [6, 6.07) is 7.60. The predicted molar refractivity (Wildman–Crippen MR) is 131 cm³/mol. The van der Waals surface area contributed by atoms with E-state index in [9.17, 15) is 23.7 Å². The molecule has 1 aromatic carbocycles. The highest BCUT2D eigenvalue weighted by atomic mass is 31.2. The number of H-pyrrole nitrogens is 1. The number of aliphatic hydroxyl groups is 1. The molecular formula is C23H33FN3O9P. The first kappa shape index (κ1) is 29.2. The minimum absolute atomic E-state index is 0.154. The van der Waals surface area contributed by atoms with Gasteiger partial charge in [-0.1, -0.05) is 18.2 Å². The molecule has 12 nitrogen and oxygen atoms in total. The largest absolute Gasteiger partial charge is 0.459 e. The van der Waals surface area contributed by atoms with Crippen molar-refractivity contribution in [3.05, 3.63) is 62.9 Å². The first-order valence-electron chi connectivity index (χ1n) is 11.9. The van der Waals surface area contributed by atoms with Crippen molar-refractivity contribution < 1.29 is 37.3 Å². The second-order valence-corrected chi connectivity index (χ2v) is 10.1. The number of benzene rings is 1. The Morgan fingerprint density at radius 3 is 2.49 bits per heavy atom. The highest BCUT2D eigenvalue weighted by Gasteiger charge is 2.47. The number of rotatable bonds is 13. The summed E-state index contributed by atoms with van der Waals surface area (Å²) in [5.74, 6) is 0.235. The standard InChI is InChI=1S/C23H33FN3O9P/c1-5-32-22(33-6-2)15(4)26-37(31,36-16-10-8-7-9-11-16)34-13-17-19(28)18(24)21(35-17)27-12-14(3)20(29)25-23(27)30/h7-12,15,17-19,21-22,28H,5-6,13H2,1-4H3,(H,26,31)(H,25,29,30)/t15-,17-,18+,19-,21-,37?/m0/s1. The zero-order chi connectivity index (χ0) is 27.2. The maximum absolute atomic E-state index is 15.0. The molecule has 0 spiro atoms. The number of para-hydroxylation sites is 1. The maximum atomic E-state index is 15.0. The zero-order valence-electron chi connectivity index (χ0n) is 21.0. The van der Waals surface area contributed by atoms with E-state index in [1.54, 1.807) is 51.1 Å². The molecule has 3 rings (SSSR count). The molecule has 1 unspecified atom stereocenters. The molecule has 0 amide bonds. The van der Waals surface area contributed by atoms with Crippen molar-refractivity contribution in [1.29, 1.82) is 0 Å². The van der Waals surface area contributed by atoms with Gasteiger partial charge < -0.3 is 23.8 Å². The average molecular weight is 546 g/mol. The van der Waals surface area contributed by atoms with Crippen molar-refractivity contribution >= 4 is 7.75 Å².